The van der Waals surface area contributed by atoms with Crippen LogP contribution in [0.2, 0.25) is 0 Å². The number of rotatable bonds is 2. The van der Waals surface area contributed by atoms with Crippen LogP contribution in [-0.2, 0) is 6.18 Å². The zero-order valence-corrected chi connectivity index (χ0v) is 8.43. The highest BCUT2D eigenvalue weighted by molar-refractivity contribution is 5.39. The standard InChI is InChI=1S/C7H2F6N2O4/c8-6(9,10)2-1-3(15(17)18)4(16)14-5(2)19-7(11,12)13/h1H,(H,14,16). The van der Waals surface area contributed by atoms with Crippen LogP contribution >= 0.6 is 0 Å². The van der Waals surface area contributed by atoms with Gasteiger partial charge in [-0.3, -0.25) is 19.9 Å². The summed E-state index contributed by atoms with van der Waals surface area (Å²) in [6.45, 7) is 0. The number of pyridine rings is 1. The van der Waals surface area contributed by atoms with E-state index in [2.05, 4.69) is 4.74 Å². The molecule has 1 aromatic rings. The molecule has 0 atom stereocenters. The third kappa shape index (κ3) is 3.59. The summed E-state index contributed by atoms with van der Waals surface area (Å²) in [7, 11) is 0. The van der Waals surface area contributed by atoms with Gasteiger partial charge in [-0.1, -0.05) is 0 Å². The van der Waals surface area contributed by atoms with Crippen molar-refractivity contribution in [3.8, 4) is 5.88 Å². The van der Waals surface area contributed by atoms with Gasteiger partial charge >= 0.3 is 23.8 Å². The number of aromatic nitrogens is 1. The highest BCUT2D eigenvalue weighted by Gasteiger charge is 2.42. The first kappa shape index (κ1) is 14.8. The van der Waals surface area contributed by atoms with E-state index in [9.17, 15) is 41.3 Å². The first-order valence-corrected chi connectivity index (χ1v) is 4.16. The van der Waals surface area contributed by atoms with Gasteiger partial charge in [0.05, 0.1) is 4.92 Å². The maximum atomic E-state index is 12.4. The van der Waals surface area contributed by atoms with Crippen molar-refractivity contribution in [2.45, 2.75) is 12.5 Å². The number of nitro groups is 1. The molecule has 19 heavy (non-hydrogen) atoms. The second-order valence-electron chi connectivity index (χ2n) is 3.03. The Morgan fingerprint density at radius 2 is 1.74 bits per heavy atom. The van der Waals surface area contributed by atoms with Crippen LogP contribution in [0.5, 0.6) is 5.88 Å². The number of ether oxygens (including phenoxy) is 1. The molecular formula is C7H2F6N2O4. The monoisotopic (exact) mass is 292 g/mol. The fourth-order valence-corrected chi connectivity index (χ4v) is 1.04. The van der Waals surface area contributed by atoms with Gasteiger partial charge in [0.15, 0.2) is 0 Å². The Labute approximate surface area is 98.3 Å². The van der Waals surface area contributed by atoms with Gasteiger partial charge in [-0.15, -0.1) is 13.2 Å². The minimum absolute atomic E-state index is 0.333. The molecule has 0 saturated carbocycles. The van der Waals surface area contributed by atoms with Gasteiger partial charge in [-0.2, -0.15) is 13.2 Å². The Bertz CT molecular complexity index is 560. The molecule has 1 heterocycles. The number of halogens is 6. The lowest BCUT2D eigenvalue weighted by atomic mass is 10.2. The van der Waals surface area contributed by atoms with Gasteiger partial charge in [-0.05, 0) is 0 Å². The first-order chi connectivity index (χ1) is 8.42. The SMILES string of the molecule is O=c1[nH]c(OC(F)(F)F)c(C(F)(F)F)cc1[N+](=O)[O-]. The molecular weight excluding hydrogens is 290 g/mol. The predicted octanol–water partition coefficient (Wildman–Crippen LogP) is 2.20. The van der Waals surface area contributed by atoms with Crippen LogP contribution in [0.25, 0.3) is 0 Å². The minimum atomic E-state index is -5.50. The summed E-state index contributed by atoms with van der Waals surface area (Å²) in [5.41, 5.74) is -5.42. The number of hydrogen-bond acceptors (Lipinski definition) is 4. The minimum Gasteiger partial charge on any atom is -0.389 e. The summed E-state index contributed by atoms with van der Waals surface area (Å²) in [6.07, 6.45) is -10.9. The Morgan fingerprint density at radius 3 is 2.11 bits per heavy atom. The van der Waals surface area contributed by atoms with E-state index in [1.54, 1.807) is 0 Å². The second-order valence-corrected chi connectivity index (χ2v) is 3.03. The molecule has 0 radical (unpaired) electrons. The summed E-state index contributed by atoms with van der Waals surface area (Å²) < 4.78 is 75.8. The van der Waals surface area contributed by atoms with Gasteiger partial charge in [-0.25, -0.2) is 0 Å². The number of nitrogens with zero attached hydrogens (tertiary/aromatic N) is 1. The van der Waals surface area contributed by atoms with Crippen molar-refractivity contribution in [3.05, 3.63) is 32.1 Å². The number of alkyl halides is 6. The summed E-state index contributed by atoms with van der Waals surface area (Å²) in [6, 6.07) is -0.333. The van der Waals surface area contributed by atoms with Gasteiger partial charge in [0, 0.05) is 6.07 Å². The Morgan fingerprint density at radius 1 is 1.21 bits per heavy atom. The molecule has 12 heteroatoms. The molecule has 0 spiro atoms. The van der Waals surface area contributed by atoms with Crippen LogP contribution in [0.15, 0.2) is 10.9 Å². The van der Waals surface area contributed by atoms with E-state index in [1.165, 1.54) is 0 Å². The fraction of sp³-hybridized carbons (Fsp3) is 0.286. The predicted molar refractivity (Wildman–Crippen MR) is 45.4 cm³/mol. The summed E-state index contributed by atoms with van der Waals surface area (Å²) in [5, 5.41) is 10.3. The Hall–Kier alpha value is -2.27. The summed E-state index contributed by atoms with van der Waals surface area (Å²) >= 11 is 0. The van der Waals surface area contributed by atoms with Gasteiger partial charge < -0.3 is 4.74 Å². The molecule has 0 saturated heterocycles. The van der Waals surface area contributed by atoms with Crippen molar-refractivity contribution in [2.75, 3.05) is 0 Å². The molecule has 0 fully saturated rings. The average molecular weight is 292 g/mol. The van der Waals surface area contributed by atoms with E-state index in [1.807, 2.05) is 0 Å². The smallest absolute Gasteiger partial charge is 0.389 e. The maximum Gasteiger partial charge on any atom is 0.574 e. The number of aromatic amines is 1. The van der Waals surface area contributed by atoms with E-state index in [-0.39, 0.29) is 6.07 Å². The molecule has 1 rings (SSSR count). The van der Waals surface area contributed by atoms with Crippen molar-refractivity contribution in [1.82, 2.24) is 4.98 Å². The third-order valence-corrected chi connectivity index (χ3v) is 1.71. The molecule has 0 aliphatic rings. The van der Waals surface area contributed by atoms with Gasteiger partial charge in [0.25, 0.3) is 0 Å². The molecule has 1 aromatic heterocycles. The van der Waals surface area contributed by atoms with Crippen molar-refractivity contribution in [1.29, 1.82) is 0 Å². The number of H-pyrrole nitrogens is 1. The molecule has 6 nitrogen and oxygen atoms in total. The second kappa shape index (κ2) is 4.44. The summed E-state index contributed by atoms with van der Waals surface area (Å²) in [4.78, 5) is 20.7. The lowest BCUT2D eigenvalue weighted by Crippen LogP contribution is -2.24. The molecule has 1 N–H and O–H groups in total. The Kier molecular flexibility index (Phi) is 3.45. The van der Waals surface area contributed by atoms with Crippen molar-refractivity contribution < 1.29 is 36.0 Å². The van der Waals surface area contributed by atoms with Gasteiger partial charge in [0.2, 0.25) is 5.88 Å². The molecule has 0 aromatic carbocycles. The number of hydrogen-bond donors (Lipinski definition) is 1. The van der Waals surface area contributed by atoms with Crippen LogP contribution in [-0.4, -0.2) is 16.3 Å². The lowest BCUT2D eigenvalue weighted by Gasteiger charge is -2.14. The van der Waals surface area contributed by atoms with Gasteiger partial charge in [0.1, 0.15) is 5.56 Å². The van der Waals surface area contributed by atoms with E-state index in [0.717, 1.165) is 4.98 Å². The maximum absolute atomic E-state index is 12.4. The van der Waals surface area contributed by atoms with Crippen LogP contribution in [0.1, 0.15) is 5.56 Å². The first-order valence-electron chi connectivity index (χ1n) is 4.16. The van der Waals surface area contributed by atoms with Crippen molar-refractivity contribution >= 4 is 5.69 Å². The molecule has 0 bridgehead atoms. The van der Waals surface area contributed by atoms with E-state index in [4.69, 9.17) is 0 Å². The lowest BCUT2D eigenvalue weighted by molar-refractivity contribution is -0.386. The zero-order valence-electron chi connectivity index (χ0n) is 8.43. The van der Waals surface area contributed by atoms with Crippen molar-refractivity contribution in [3.63, 3.8) is 0 Å². The van der Waals surface area contributed by atoms with Crippen LogP contribution in [0.4, 0.5) is 32.0 Å². The molecule has 106 valence electrons. The topological polar surface area (TPSA) is 85.2 Å². The van der Waals surface area contributed by atoms with E-state index < -0.39 is 40.2 Å². The molecule has 0 aliphatic heterocycles. The zero-order chi connectivity index (χ0) is 15.0. The molecule has 0 aliphatic carbocycles. The van der Waals surface area contributed by atoms with Crippen LogP contribution < -0.4 is 10.3 Å². The number of nitrogens with one attached hydrogen (secondary N) is 1. The van der Waals surface area contributed by atoms with E-state index in [0.29, 0.717) is 0 Å². The third-order valence-electron chi connectivity index (χ3n) is 1.71. The largest absolute Gasteiger partial charge is 0.574 e. The van der Waals surface area contributed by atoms with Crippen LogP contribution in [0.3, 0.4) is 0 Å². The quantitative estimate of drug-likeness (QED) is 0.514. The Balaban J connectivity index is 3.50. The van der Waals surface area contributed by atoms with Crippen LogP contribution in [0, 0.1) is 10.1 Å². The fourth-order valence-electron chi connectivity index (χ4n) is 1.04. The molecule has 0 unspecified atom stereocenters. The normalized spacial score (nSPS) is 12.3. The average Bonchev–Trinajstić information content (AvgIpc) is 2.11. The summed E-state index contributed by atoms with van der Waals surface area (Å²) in [5.74, 6) is -1.96. The van der Waals surface area contributed by atoms with Crippen molar-refractivity contribution in [2.24, 2.45) is 0 Å². The molecule has 0 amide bonds. The highest BCUT2D eigenvalue weighted by atomic mass is 19.4. The highest BCUT2D eigenvalue weighted by Crippen LogP contribution is 2.37. The van der Waals surface area contributed by atoms with E-state index >= 15 is 0 Å².